The molecule has 1 aliphatic rings. The maximum absolute atomic E-state index is 13.6. The second kappa shape index (κ2) is 6.25. The number of halogens is 4. The second-order valence-electron chi connectivity index (χ2n) is 4.98. The van der Waals surface area contributed by atoms with Gasteiger partial charge in [-0.3, -0.25) is 4.79 Å². The van der Waals surface area contributed by atoms with E-state index in [1.807, 2.05) is 6.26 Å². The zero-order chi connectivity index (χ0) is 15.6. The quantitative estimate of drug-likeness (QED) is 0.857. The summed E-state index contributed by atoms with van der Waals surface area (Å²) >= 11 is 1.60. The molecule has 1 fully saturated rings. The molecule has 0 spiro atoms. The SMILES string of the molecule is CSC1CCCC1NC(=O)c1cc(C(F)(F)F)ccc1F. The van der Waals surface area contributed by atoms with Gasteiger partial charge in [-0.1, -0.05) is 6.42 Å². The highest BCUT2D eigenvalue weighted by Gasteiger charge is 2.33. The van der Waals surface area contributed by atoms with Crippen LogP contribution in [0.25, 0.3) is 0 Å². The van der Waals surface area contributed by atoms with Crippen LogP contribution in [0.2, 0.25) is 0 Å². The van der Waals surface area contributed by atoms with Crippen LogP contribution in [0.4, 0.5) is 17.6 Å². The summed E-state index contributed by atoms with van der Waals surface area (Å²) in [5.74, 6) is -1.73. The van der Waals surface area contributed by atoms with E-state index in [1.54, 1.807) is 11.8 Å². The number of hydrogen-bond donors (Lipinski definition) is 1. The van der Waals surface area contributed by atoms with Crippen molar-refractivity contribution in [2.75, 3.05) is 6.26 Å². The van der Waals surface area contributed by atoms with E-state index in [2.05, 4.69) is 5.32 Å². The molecule has 2 atom stereocenters. The maximum atomic E-state index is 13.6. The van der Waals surface area contributed by atoms with Crippen LogP contribution in [0, 0.1) is 5.82 Å². The van der Waals surface area contributed by atoms with Crippen molar-refractivity contribution in [2.45, 2.75) is 36.7 Å². The Hall–Kier alpha value is -1.24. The molecule has 0 aliphatic heterocycles. The van der Waals surface area contributed by atoms with Crippen LogP contribution in [0.1, 0.15) is 35.2 Å². The van der Waals surface area contributed by atoms with Crippen LogP contribution in [-0.4, -0.2) is 23.5 Å². The number of benzene rings is 1. The van der Waals surface area contributed by atoms with E-state index in [0.29, 0.717) is 18.2 Å². The topological polar surface area (TPSA) is 29.1 Å². The van der Waals surface area contributed by atoms with Crippen LogP contribution >= 0.6 is 11.8 Å². The predicted molar refractivity (Wildman–Crippen MR) is 73.8 cm³/mol. The minimum absolute atomic E-state index is 0.124. The minimum atomic E-state index is -4.60. The predicted octanol–water partition coefficient (Wildman–Crippen LogP) is 3.86. The lowest BCUT2D eigenvalue weighted by molar-refractivity contribution is -0.137. The van der Waals surface area contributed by atoms with Crippen molar-refractivity contribution in [3.8, 4) is 0 Å². The highest BCUT2D eigenvalue weighted by Crippen LogP contribution is 2.31. The summed E-state index contributed by atoms with van der Waals surface area (Å²) in [6, 6.07) is 1.75. The van der Waals surface area contributed by atoms with Gasteiger partial charge in [-0.2, -0.15) is 24.9 Å². The van der Waals surface area contributed by atoms with Crippen molar-refractivity contribution >= 4 is 17.7 Å². The third-order valence-electron chi connectivity index (χ3n) is 3.61. The first-order chi connectivity index (χ1) is 9.82. The van der Waals surface area contributed by atoms with Gasteiger partial charge in [-0.05, 0) is 37.3 Å². The van der Waals surface area contributed by atoms with Gasteiger partial charge < -0.3 is 5.32 Å². The molecular weight excluding hydrogens is 306 g/mol. The maximum Gasteiger partial charge on any atom is 0.416 e. The average molecular weight is 321 g/mol. The third kappa shape index (κ3) is 3.70. The van der Waals surface area contributed by atoms with E-state index >= 15 is 0 Å². The van der Waals surface area contributed by atoms with E-state index in [0.717, 1.165) is 19.3 Å². The van der Waals surface area contributed by atoms with Gasteiger partial charge in [-0.25, -0.2) is 4.39 Å². The Morgan fingerprint density at radius 3 is 2.67 bits per heavy atom. The standard InChI is InChI=1S/C14H15F4NOS/c1-21-12-4-2-3-11(12)19-13(20)9-7-8(14(16,17)18)5-6-10(9)15/h5-7,11-12H,2-4H2,1H3,(H,19,20). The van der Waals surface area contributed by atoms with Gasteiger partial charge in [0.2, 0.25) is 0 Å². The molecular formula is C14H15F4NOS. The summed E-state index contributed by atoms with van der Waals surface area (Å²) in [6.45, 7) is 0. The largest absolute Gasteiger partial charge is 0.416 e. The number of alkyl halides is 3. The Morgan fingerprint density at radius 2 is 2.05 bits per heavy atom. The fraction of sp³-hybridized carbons (Fsp3) is 0.500. The fourth-order valence-corrected chi connectivity index (χ4v) is 3.43. The number of carbonyl (C=O) groups is 1. The monoisotopic (exact) mass is 321 g/mol. The molecule has 116 valence electrons. The van der Waals surface area contributed by atoms with Crippen LogP contribution in [0.5, 0.6) is 0 Å². The number of amides is 1. The highest BCUT2D eigenvalue weighted by molar-refractivity contribution is 7.99. The molecule has 0 aromatic heterocycles. The number of thioether (sulfide) groups is 1. The Bertz CT molecular complexity index is 532. The van der Waals surface area contributed by atoms with Crippen LogP contribution < -0.4 is 5.32 Å². The van der Waals surface area contributed by atoms with Crippen LogP contribution in [0.3, 0.4) is 0 Å². The molecule has 0 heterocycles. The van der Waals surface area contributed by atoms with Crippen molar-refractivity contribution in [3.05, 3.63) is 35.1 Å². The number of nitrogens with one attached hydrogen (secondary N) is 1. The first-order valence-corrected chi connectivity index (χ1v) is 7.82. The van der Waals surface area contributed by atoms with E-state index < -0.39 is 29.0 Å². The Balaban J connectivity index is 2.19. The number of hydrogen-bond acceptors (Lipinski definition) is 2. The lowest BCUT2D eigenvalue weighted by Crippen LogP contribution is -2.39. The summed E-state index contributed by atoms with van der Waals surface area (Å²) < 4.78 is 51.5. The van der Waals surface area contributed by atoms with Gasteiger partial charge in [0.15, 0.2) is 0 Å². The minimum Gasteiger partial charge on any atom is -0.348 e. The Morgan fingerprint density at radius 1 is 1.33 bits per heavy atom. The lowest BCUT2D eigenvalue weighted by Gasteiger charge is -2.19. The van der Waals surface area contributed by atoms with Gasteiger partial charge in [-0.15, -0.1) is 0 Å². The molecule has 1 amide bonds. The van der Waals surface area contributed by atoms with Gasteiger partial charge in [0.05, 0.1) is 11.1 Å². The van der Waals surface area contributed by atoms with Crippen LogP contribution in [0.15, 0.2) is 18.2 Å². The van der Waals surface area contributed by atoms with E-state index in [-0.39, 0.29) is 11.3 Å². The number of carbonyl (C=O) groups excluding carboxylic acids is 1. The molecule has 2 nitrogen and oxygen atoms in total. The van der Waals surface area contributed by atoms with Gasteiger partial charge >= 0.3 is 6.18 Å². The Labute approximate surface area is 124 Å². The summed E-state index contributed by atoms with van der Waals surface area (Å²) in [4.78, 5) is 12.0. The molecule has 2 rings (SSSR count). The van der Waals surface area contributed by atoms with Gasteiger partial charge in [0.25, 0.3) is 5.91 Å². The first kappa shape index (κ1) is 16.1. The van der Waals surface area contributed by atoms with Crippen LogP contribution in [-0.2, 0) is 6.18 Å². The zero-order valence-electron chi connectivity index (χ0n) is 11.3. The molecule has 0 saturated heterocycles. The van der Waals surface area contributed by atoms with Crippen molar-refractivity contribution in [1.29, 1.82) is 0 Å². The molecule has 1 aromatic carbocycles. The molecule has 1 aliphatic carbocycles. The smallest absolute Gasteiger partial charge is 0.348 e. The average Bonchev–Trinajstić information content (AvgIpc) is 2.84. The summed E-state index contributed by atoms with van der Waals surface area (Å²) in [5, 5.41) is 2.87. The molecule has 7 heteroatoms. The normalized spacial score (nSPS) is 22.3. The summed E-state index contributed by atoms with van der Waals surface area (Å²) in [6.07, 6.45) is -0.0333. The Kier molecular flexibility index (Phi) is 4.81. The van der Waals surface area contributed by atoms with Gasteiger partial charge in [0, 0.05) is 11.3 Å². The van der Waals surface area contributed by atoms with E-state index in [9.17, 15) is 22.4 Å². The van der Waals surface area contributed by atoms with Gasteiger partial charge in [0.1, 0.15) is 5.82 Å². The van der Waals surface area contributed by atoms with E-state index in [1.165, 1.54) is 0 Å². The van der Waals surface area contributed by atoms with E-state index in [4.69, 9.17) is 0 Å². The molecule has 1 aromatic rings. The zero-order valence-corrected chi connectivity index (χ0v) is 12.2. The van der Waals surface area contributed by atoms with Crippen molar-refractivity contribution < 1.29 is 22.4 Å². The lowest BCUT2D eigenvalue weighted by atomic mass is 10.1. The summed E-state index contributed by atoms with van der Waals surface area (Å²) in [7, 11) is 0. The van der Waals surface area contributed by atoms with Crippen molar-refractivity contribution in [3.63, 3.8) is 0 Å². The molecule has 2 unspecified atom stereocenters. The molecule has 0 bridgehead atoms. The highest BCUT2D eigenvalue weighted by atomic mass is 32.2. The fourth-order valence-electron chi connectivity index (χ4n) is 2.50. The second-order valence-corrected chi connectivity index (χ2v) is 6.05. The third-order valence-corrected chi connectivity index (χ3v) is 4.78. The number of rotatable bonds is 3. The molecule has 1 N–H and O–H groups in total. The molecule has 21 heavy (non-hydrogen) atoms. The van der Waals surface area contributed by atoms with Crippen molar-refractivity contribution in [2.24, 2.45) is 0 Å². The molecule has 0 radical (unpaired) electrons. The molecule has 1 saturated carbocycles. The first-order valence-electron chi connectivity index (χ1n) is 6.53. The van der Waals surface area contributed by atoms with Crippen molar-refractivity contribution in [1.82, 2.24) is 5.32 Å². The summed E-state index contributed by atoms with van der Waals surface area (Å²) in [5.41, 5.74) is -1.58.